The van der Waals surface area contributed by atoms with E-state index in [9.17, 15) is 0 Å². The van der Waals surface area contributed by atoms with Crippen molar-refractivity contribution >= 4 is 11.8 Å². The number of nitrogens with zero attached hydrogens (tertiary/aromatic N) is 5. The third-order valence-electron chi connectivity index (χ3n) is 5.77. The first-order chi connectivity index (χ1) is 13.9. The predicted octanol–water partition coefficient (Wildman–Crippen LogP) is 3.72. The zero-order valence-electron chi connectivity index (χ0n) is 16.8. The van der Waals surface area contributed by atoms with E-state index in [1.54, 1.807) is 0 Å². The summed E-state index contributed by atoms with van der Waals surface area (Å²) in [6, 6.07) is 8.59. The van der Waals surface area contributed by atoms with E-state index in [0.717, 1.165) is 56.6 Å². The Morgan fingerprint density at radius 1 is 0.893 bits per heavy atom. The van der Waals surface area contributed by atoms with Gasteiger partial charge in [0.25, 0.3) is 0 Å². The zero-order valence-corrected chi connectivity index (χ0v) is 16.8. The first kappa shape index (κ1) is 19.1. The highest BCUT2D eigenvalue weighted by Crippen LogP contribution is 2.20. The van der Waals surface area contributed by atoms with Gasteiger partial charge in [-0.1, -0.05) is 25.3 Å². The molecule has 0 saturated carbocycles. The van der Waals surface area contributed by atoms with Gasteiger partial charge in [-0.2, -0.15) is 4.98 Å². The maximum atomic E-state index is 4.84. The average Bonchev–Trinajstić information content (AvgIpc) is 3.12. The Morgan fingerprint density at radius 2 is 1.75 bits per heavy atom. The van der Waals surface area contributed by atoms with E-state index in [0.29, 0.717) is 6.04 Å². The Labute approximate surface area is 168 Å². The fourth-order valence-corrected chi connectivity index (χ4v) is 4.28. The van der Waals surface area contributed by atoms with Gasteiger partial charge in [-0.15, -0.1) is 0 Å². The van der Waals surface area contributed by atoms with Crippen molar-refractivity contribution in [3.8, 4) is 0 Å². The van der Waals surface area contributed by atoms with Gasteiger partial charge in [-0.25, -0.2) is 4.98 Å². The van der Waals surface area contributed by atoms with E-state index in [1.807, 2.05) is 18.5 Å². The van der Waals surface area contributed by atoms with Gasteiger partial charge < -0.3 is 10.2 Å². The molecule has 2 aliphatic rings. The van der Waals surface area contributed by atoms with Crippen LogP contribution in [0.15, 0.2) is 36.7 Å². The minimum atomic E-state index is 0.380. The fourth-order valence-electron chi connectivity index (χ4n) is 4.28. The molecule has 2 saturated heterocycles. The van der Waals surface area contributed by atoms with Crippen LogP contribution in [0.5, 0.6) is 0 Å². The van der Waals surface area contributed by atoms with Crippen molar-refractivity contribution in [2.75, 3.05) is 36.4 Å². The monoisotopic (exact) mass is 380 g/mol. The molecule has 0 aromatic carbocycles. The lowest BCUT2D eigenvalue weighted by atomic mass is 10.1. The second-order valence-electron chi connectivity index (χ2n) is 8.03. The third kappa shape index (κ3) is 5.41. The van der Waals surface area contributed by atoms with Crippen LogP contribution in [0.3, 0.4) is 0 Å². The minimum Gasteiger partial charge on any atom is -0.356 e. The van der Waals surface area contributed by atoms with Crippen molar-refractivity contribution in [3.05, 3.63) is 42.4 Å². The average molecular weight is 381 g/mol. The Morgan fingerprint density at radius 3 is 2.57 bits per heavy atom. The highest BCUT2D eigenvalue weighted by Gasteiger charge is 2.20. The molecule has 2 aromatic rings. The number of anilines is 2. The number of aromatic nitrogens is 3. The van der Waals surface area contributed by atoms with Crippen LogP contribution in [-0.2, 0) is 6.54 Å². The van der Waals surface area contributed by atoms with E-state index in [1.165, 1.54) is 38.5 Å². The molecule has 0 bridgehead atoms. The predicted molar refractivity (Wildman–Crippen MR) is 113 cm³/mol. The Kier molecular flexibility index (Phi) is 6.71. The van der Waals surface area contributed by atoms with Crippen LogP contribution >= 0.6 is 0 Å². The highest BCUT2D eigenvalue weighted by atomic mass is 15.2. The molecule has 0 amide bonds. The molecule has 4 heterocycles. The van der Waals surface area contributed by atoms with Crippen LogP contribution < -0.4 is 10.2 Å². The molecule has 28 heavy (non-hydrogen) atoms. The van der Waals surface area contributed by atoms with Crippen LogP contribution in [0.2, 0.25) is 0 Å². The van der Waals surface area contributed by atoms with Crippen LogP contribution in [0, 0.1) is 0 Å². The van der Waals surface area contributed by atoms with Crippen LogP contribution in [-0.4, -0.2) is 52.1 Å². The first-order valence-electron chi connectivity index (χ1n) is 10.8. The molecule has 1 N–H and O–H groups in total. The maximum absolute atomic E-state index is 4.84. The van der Waals surface area contributed by atoms with Crippen LogP contribution in [0.25, 0.3) is 0 Å². The van der Waals surface area contributed by atoms with Crippen molar-refractivity contribution in [2.24, 2.45) is 0 Å². The minimum absolute atomic E-state index is 0.380. The van der Waals surface area contributed by atoms with Crippen molar-refractivity contribution in [2.45, 2.75) is 57.5 Å². The molecule has 0 aliphatic carbocycles. The quantitative estimate of drug-likeness (QED) is 0.853. The molecule has 0 radical (unpaired) electrons. The van der Waals surface area contributed by atoms with Gasteiger partial charge in [-0.3, -0.25) is 9.88 Å². The summed E-state index contributed by atoms with van der Waals surface area (Å²) >= 11 is 0. The molecule has 6 nitrogen and oxygen atoms in total. The summed E-state index contributed by atoms with van der Waals surface area (Å²) in [5, 5.41) is 3.62. The van der Waals surface area contributed by atoms with Gasteiger partial charge in [-0.05, 0) is 50.4 Å². The maximum Gasteiger partial charge on any atom is 0.224 e. The normalized spacial score (nSPS) is 21.7. The van der Waals surface area contributed by atoms with Gasteiger partial charge >= 0.3 is 0 Å². The van der Waals surface area contributed by atoms with Crippen LogP contribution in [0.4, 0.5) is 11.8 Å². The molecule has 150 valence electrons. The number of nitrogens with one attached hydrogen (secondary N) is 1. The largest absolute Gasteiger partial charge is 0.356 e. The Balaban J connectivity index is 1.39. The SMILES string of the molecule is c1ccc(CN2CCCC[C@H](Nc3nccc(N4CCCCCC4)n3)C2)nc1. The van der Waals surface area contributed by atoms with Crippen molar-refractivity contribution in [1.29, 1.82) is 0 Å². The summed E-state index contributed by atoms with van der Waals surface area (Å²) in [5.41, 5.74) is 1.14. The molecular weight excluding hydrogens is 348 g/mol. The van der Waals surface area contributed by atoms with Gasteiger partial charge in [0.05, 0.1) is 5.69 Å². The smallest absolute Gasteiger partial charge is 0.224 e. The molecule has 0 unspecified atom stereocenters. The van der Waals surface area contributed by atoms with E-state index in [4.69, 9.17) is 4.98 Å². The van der Waals surface area contributed by atoms with Gasteiger partial charge in [0.1, 0.15) is 5.82 Å². The lowest BCUT2D eigenvalue weighted by molar-refractivity contribution is 0.266. The molecule has 6 heteroatoms. The van der Waals surface area contributed by atoms with E-state index >= 15 is 0 Å². The summed E-state index contributed by atoms with van der Waals surface area (Å²) < 4.78 is 0. The topological polar surface area (TPSA) is 57.2 Å². The zero-order chi connectivity index (χ0) is 19.0. The summed E-state index contributed by atoms with van der Waals surface area (Å²) in [5.74, 6) is 1.84. The number of likely N-dealkylation sites (tertiary alicyclic amines) is 1. The Bertz CT molecular complexity index is 714. The lowest BCUT2D eigenvalue weighted by Gasteiger charge is -2.25. The first-order valence-corrected chi connectivity index (χ1v) is 10.8. The molecule has 1 atom stereocenters. The number of rotatable bonds is 5. The van der Waals surface area contributed by atoms with Gasteiger partial charge in [0.15, 0.2) is 0 Å². The number of hydrogen-bond acceptors (Lipinski definition) is 6. The number of hydrogen-bond donors (Lipinski definition) is 1. The molecule has 2 aromatic heterocycles. The number of pyridine rings is 1. The van der Waals surface area contributed by atoms with E-state index in [2.05, 4.69) is 43.3 Å². The van der Waals surface area contributed by atoms with Gasteiger partial charge in [0.2, 0.25) is 5.95 Å². The van der Waals surface area contributed by atoms with Crippen molar-refractivity contribution in [1.82, 2.24) is 19.9 Å². The Hall–Kier alpha value is -2.21. The van der Waals surface area contributed by atoms with Crippen LogP contribution in [0.1, 0.15) is 50.6 Å². The second kappa shape index (κ2) is 9.82. The molecule has 2 aliphatic heterocycles. The van der Waals surface area contributed by atoms with Gasteiger partial charge in [0, 0.05) is 44.6 Å². The van der Waals surface area contributed by atoms with Crippen molar-refractivity contribution in [3.63, 3.8) is 0 Å². The van der Waals surface area contributed by atoms with E-state index < -0.39 is 0 Å². The molecule has 0 spiro atoms. The van der Waals surface area contributed by atoms with E-state index in [-0.39, 0.29) is 0 Å². The summed E-state index contributed by atoms with van der Waals surface area (Å²) in [6.45, 7) is 5.26. The second-order valence-corrected chi connectivity index (χ2v) is 8.03. The van der Waals surface area contributed by atoms with Crippen molar-refractivity contribution < 1.29 is 0 Å². The molecule has 2 fully saturated rings. The summed E-state index contributed by atoms with van der Waals surface area (Å²) in [6.07, 6.45) is 12.6. The highest BCUT2D eigenvalue weighted by molar-refractivity contribution is 5.43. The summed E-state index contributed by atoms with van der Waals surface area (Å²) in [7, 11) is 0. The summed E-state index contributed by atoms with van der Waals surface area (Å²) in [4.78, 5) is 18.8. The standard InChI is InChI=1S/C22H32N6/c1-2-7-16-28(15-6-1)21-11-13-24-22(26-21)25-20-10-4-8-14-27(18-20)17-19-9-3-5-12-23-19/h3,5,9,11-13,20H,1-2,4,6-8,10,14-18H2,(H,24,25,26)/t20-/m0/s1. The molecular formula is C22H32N6. The molecule has 4 rings (SSSR count). The lowest BCUT2D eigenvalue weighted by Crippen LogP contribution is -2.35. The third-order valence-corrected chi connectivity index (χ3v) is 5.77. The fraction of sp³-hybridized carbons (Fsp3) is 0.591.